The summed E-state index contributed by atoms with van der Waals surface area (Å²) in [5, 5.41) is 4.31. The Morgan fingerprint density at radius 1 is 1.24 bits per heavy atom. The van der Waals surface area contributed by atoms with Crippen LogP contribution >= 0.6 is 0 Å². The number of carbonyl (C=O) groups is 1. The zero-order chi connectivity index (χ0) is 12.4. The first-order chi connectivity index (χ1) is 8.11. The van der Waals surface area contributed by atoms with E-state index in [0.717, 1.165) is 17.7 Å². The van der Waals surface area contributed by atoms with E-state index >= 15 is 0 Å². The number of nitrogens with zero attached hydrogens (tertiary/aromatic N) is 2. The van der Waals surface area contributed by atoms with Gasteiger partial charge in [-0.05, 0) is 30.5 Å². The Hall–Kier alpha value is -1.90. The van der Waals surface area contributed by atoms with Crippen LogP contribution in [0.5, 0.6) is 0 Å². The molecule has 3 nitrogen and oxygen atoms in total. The molecule has 0 bridgehead atoms. The second-order valence-corrected chi connectivity index (χ2v) is 4.48. The van der Waals surface area contributed by atoms with Gasteiger partial charge in [0.1, 0.15) is 0 Å². The molecule has 1 aromatic heterocycles. The lowest BCUT2D eigenvalue weighted by molar-refractivity contribution is 0.112. The van der Waals surface area contributed by atoms with Crippen molar-refractivity contribution in [3.8, 4) is 5.69 Å². The number of rotatable bonds is 3. The van der Waals surface area contributed by atoms with Gasteiger partial charge in [0.05, 0.1) is 16.9 Å². The summed E-state index contributed by atoms with van der Waals surface area (Å²) in [6.45, 7) is 6.16. The smallest absolute Gasteiger partial charge is 0.153 e. The quantitative estimate of drug-likeness (QED) is 0.756. The molecule has 0 saturated heterocycles. The highest BCUT2D eigenvalue weighted by molar-refractivity contribution is 5.76. The van der Waals surface area contributed by atoms with Crippen LogP contribution < -0.4 is 0 Å². The van der Waals surface area contributed by atoms with Crippen LogP contribution in [0.15, 0.2) is 30.5 Å². The van der Waals surface area contributed by atoms with Crippen molar-refractivity contribution in [2.75, 3.05) is 0 Å². The molecule has 1 aromatic carbocycles. The minimum absolute atomic E-state index is 0.522. The average molecular weight is 228 g/mol. The number of benzene rings is 1. The Morgan fingerprint density at radius 3 is 2.35 bits per heavy atom. The van der Waals surface area contributed by atoms with Crippen LogP contribution in [0.3, 0.4) is 0 Å². The van der Waals surface area contributed by atoms with Crippen LogP contribution in [0.1, 0.15) is 41.4 Å². The molecule has 0 aliphatic carbocycles. The Balaban J connectivity index is 2.36. The van der Waals surface area contributed by atoms with Crippen LogP contribution in [0.2, 0.25) is 0 Å². The number of aryl methyl sites for hydroxylation is 1. The van der Waals surface area contributed by atoms with E-state index in [1.807, 2.05) is 19.1 Å². The molecule has 0 aliphatic rings. The number of aldehydes is 1. The van der Waals surface area contributed by atoms with Gasteiger partial charge in [-0.15, -0.1) is 0 Å². The molecule has 2 rings (SSSR count). The number of hydrogen-bond acceptors (Lipinski definition) is 2. The summed E-state index contributed by atoms with van der Waals surface area (Å²) in [4.78, 5) is 10.8. The van der Waals surface area contributed by atoms with Gasteiger partial charge in [0.25, 0.3) is 0 Å². The Bertz CT molecular complexity index is 524. The lowest BCUT2D eigenvalue weighted by Gasteiger charge is -2.06. The normalized spacial score (nSPS) is 10.8. The molecule has 3 heteroatoms. The van der Waals surface area contributed by atoms with E-state index in [2.05, 4.69) is 31.1 Å². The summed E-state index contributed by atoms with van der Waals surface area (Å²) >= 11 is 0. The van der Waals surface area contributed by atoms with E-state index in [4.69, 9.17) is 0 Å². The largest absolute Gasteiger partial charge is 0.298 e. The molecule has 0 N–H and O–H groups in total. The fourth-order valence-electron chi connectivity index (χ4n) is 1.73. The lowest BCUT2D eigenvalue weighted by Crippen LogP contribution is -1.95. The fourth-order valence-corrected chi connectivity index (χ4v) is 1.73. The summed E-state index contributed by atoms with van der Waals surface area (Å²) < 4.78 is 1.74. The summed E-state index contributed by atoms with van der Waals surface area (Å²) in [5.74, 6) is 0.522. The van der Waals surface area contributed by atoms with Crippen molar-refractivity contribution in [1.82, 2.24) is 9.78 Å². The molecule has 0 fully saturated rings. The molecule has 0 amide bonds. The van der Waals surface area contributed by atoms with Crippen molar-refractivity contribution in [2.24, 2.45) is 0 Å². The van der Waals surface area contributed by atoms with Gasteiger partial charge in [0.15, 0.2) is 6.29 Å². The average Bonchev–Trinajstić information content (AvgIpc) is 2.70. The van der Waals surface area contributed by atoms with Gasteiger partial charge < -0.3 is 0 Å². The zero-order valence-electron chi connectivity index (χ0n) is 10.3. The molecule has 0 radical (unpaired) electrons. The van der Waals surface area contributed by atoms with Crippen LogP contribution in [0, 0.1) is 6.92 Å². The molecule has 88 valence electrons. The maximum absolute atomic E-state index is 10.8. The van der Waals surface area contributed by atoms with E-state index < -0.39 is 0 Å². The molecular formula is C14H16N2O. The maximum atomic E-state index is 10.8. The molecule has 2 aromatic rings. The summed E-state index contributed by atoms with van der Waals surface area (Å²) in [6.07, 6.45) is 2.59. The van der Waals surface area contributed by atoms with E-state index in [1.54, 1.807) is 10.9 Å². The fraction of sp³-hybridized carbons (Fsp3) is 0.286. The van der Waals surface area contributed by atoms with Crippen LogP contribution in [-0.2, 0) is 0 Å². The Labute approximate surface area is 101 Å². The molecule has 0 spiro atoms. The first-order valence-corrected chi connectivity index (χ1v) is 5.73. The van der Waals surface area contributed by atoms with Crippen LogP contribution in [0.25, 0.3) is 5.69 Å². The molecule has 0 unspecified atom stereocenters. The van der Waals surface area contributed by atoms with Gasteiger partial charge in [0.2, 0.25) is 0 Å². The van der Waals surface area contributed by atoms with Gasteiger partial charge in [-0.25, -0.2) is 4.68 Å². The minimum atomic E-state index is 0.522. The number of carbonyl (C=O) groups excluding carboxylic acids is 1. The predicted octanol–water partition coefficient (Wildman–Crippen LogP) is 3.12. The van der Waals surface area contributed by atoms with E-state index in [-0.39, 0.29) is 0 Å². The van der Waals surface area contributed by atoms with Gasteiger partial charge in [-0.1, -0.05) is 26.0 Å². The van der Waals surface area contributed by atoms with Crippen molar-refractivity contribution >= 4 is 6.29 Å². The van der Waals surface area contributed by atoms with Crippen molar-refractivity contribution in [1.29, 1.82) is 0 Å². The van der Waals surface area contributed by atoms with Crippen molar-refractivity contribution in [2.45, 2.75) is 26.7 Å². The minimum Gasteiger partial charge on any atom is -0.298 e. The van der Waals surface area contributed by atoms with Gasteiger partial charge >= 0.3 is 0 Å². The monoisotopic (exact) mass is 228 g/mol. The van der Waals surface area contributed by atoms with Crippen molar-refractivity contribution in [3.05, 3.63) is 47.3 Å². The zero-order valence-corrected chi connectivity index (χ0v) is 10.3. The second-order valence-electron chi connectivity index (χ2n) is 4.48. The molecular weight excluding hydrogens is 212 g/mol. The third kappa shape index (κ3) is 2.28. The van der Waals surface area contributed by atoms with Crippen molar-refractivity contribution in [3.63, 3.8) is 0 Å². The molecule has 17 heavy (non-hydrogen) atoms. The predicted molar refractivity (Wildman–Crippen MR) is 67.8 cm³/mol. The standard InChI is InChI=1S/C14H16N2O/c1-10(2)12-4-6-14(7-5-12)16-8-13(9-17)11(3)15-16/h4-10H,1-3H3. The molecule has 0 saturated carbocycles. The molecule has 0 atom stereocenters. The third-order valence-corrected chi connectivity index (χ3v) is 2.89. The van der Waals surface area contributed by atoms with Crippen LogP contribution in [-0.4, -0.2) is 16.1 Å². The maximum Gasteiger partial charge on any atom is 0.153 e. The summed E-state index contributed by atoms with van der Waals surface area (Å²) in [6, 6.07) is 8.24. The Morgan fingerprint density at radius 2 is 1.88 bits per heavy atom. The summed E-state index contributed by atoms with van der Waals surface area (Å²) in [5.41, 5.74) is 3.67. The number of hydrogen-bond donors (Lipinski definition) is 0. The number of aromatic nitrogens is 2. The topological polar surface area (TPSA) is 34.9 Å². The Kier molecular flexibility index (Phi) is 3.09. The second kappa shape index (κ2) is 4.53. The van der Waals surface area contributed by atoms with Gasteiger partial charge in [0, 0.05) is 6.20 Å². The van der Waals surface area contributed by atoms with Gasteiger partial charge in [-0.2, -0.15) is 5.10 Å². The van der Waals surface area contributed by atoms with Crippen molar-refractivity contribution < 1.29 is 4.79 Å². The van der Waals surface area contributed by atoms with Gasteiger partial charge in [-0.3, -0.25) is 4.79 Å². The van der Waals surface area contributed by atoms with Crippen LogP contribution in [0.4, 0.5) is 0 Å². The first kappa shape index (κ1) is 11.6. The molecule has 1 heterocycles. The highest BCUT2D eigenvalue weighted by Crippen LogP contribution is 2.17. The third-order valence-electron chi connectivity index (χ3n) is 2.89. The summed E-state index contributed by atoms with van der Waals surface area (Å²) in [7, 11) is 0. The van der Waals surface area contributed by atoms with E-state index in [1.165, 1.54) is 5.56 Å². The highest BCUT2D eigenvalue weighted by atomic mass is 16.1. The SMILES string of the molecule is Cc1nn(-c2ccc(C(C)C)cc2)cc1C=O. The first-order valence-electron chi connectivity index (χ1n) is 5.73. The highest BCUT2D eigenvalue weighted by Gasteiger charge is 2.05. The molecule has 0 aliphatic heterocycles. The van der Waals surface area contributed by atoms with E-state index in [9.17, 15) is 4.79 Å². The van der Waals surface area contributed by atoms with E-state index in [0.29, 0.717) is 11.5 Å². The lowest BCUT2D eigenvalue weighted by atomic mass is 10.0.